The number of pyridine rings is 1. The SMILES string of the molecule is CN=C(NCCc1ccc(Cl)nc1)NCC(C)Oc1ccccc1OC. The summed E-state index contributed by atoms with van der Waals surface area (Å²) in [7, 11) is 3.37. The molecule has 140 valence electrons. The fourth-order valence-electron chi connectivity index (χ4n) is 2.32. The van der Waals surface area contributed by atoms with E-state index in [1.54, 1.807) is 26.4 Å². The molecule has 0 aliphatic carbocycles. The highest BCUT2D eigenvalue weighted by molar-refractivity contribution is 6.29. The second-order valence-electron chi connectivity index (χ2n) is 5.70. The monoisotopic (exact) mass is 376 g/mol. The lowest BCUT2D eigenvalue weighted by Gasteiger charge is -2.19. The van der Waals surface area contributed by atoms with Gasteiger partial charge in [0.1, 0.15) is 11.3 Å². The van der Waals surface area contributed by atoms with E-state index in [0.717, 1.165) is 36.0 Å². The molecule has 1 aromatic heterocycles. The summed E-state index contributed by atoms with van der Waals surface area (Å²) >= 11 is 5.79. The minimum atomic E-state index is -0.0506. The summed E-state index contributed by atoms with van der Waals surface area (Å²) in [4.78, 5) is 8.30. The number of aliphatic imine (C=N–C) groups is 1. The third kappa shape index (κ3) is 6.44. The zero-order valence-electron chi connectivity index (χ0n) is 15.3. The smallest absolute Gasteiger partial charge is 0.191 e. The molecule has 6 nitrogen and oxygen atoms in total. The van der Waals surface area contributed by atoms with Crippen LogP contribution in [0.15, 0.2) is 47.6 Å². The van der Waals surface area contributed by atoms with Gasteiger partial charge in [0.25, 0.3) is 0 Å². The molecule has 7 heteroatoms. The van der Waals surface area contributed by atoms with Crippen LogP contribution in [0.3, 0.4) is 0 Å². The van der Waals surface area contributed by atoms with E-state index in [9.17, 15) is 0 Å². The number of hydrogen-bond donors (Lipinski definition) is 2. The third-order valence-electron chi connectivity index (χ3n) is 3.67. The van der Waals surface area contributed by atoms with Crippen LogP contribution in [0.1, 0.15) is 12.5 Å². The Morgan fingerprint density at radius 3 is 2.62 bits per heavy atom. The van der Waals surface area contributed by atoms with Gasteiger partial charge in [-0.15, -0.1) is 0 Å². The van der Waals surface area contributed by atoms with Crippen LogP contribution in [0, 0.1) is 0 Å². The van der Waals surface area contributed by atoms with Crippen molar-refractivity contribution in [1.82, 2.24) is 15.6 Å². The van der Waals surface area contributed by atoms with Crippen LogP contribution in [-0.2, 0) is 6.42 Å². The number of guanidine groups is 1. The number of ether oxygens (including phenoxy) is 2. The summed E-state index contributed by atoms with van der Waals surface area (Å²) in [6.45, 7) is 3.34. The summed E-state index contributed by atoms with van der Waals surface area (Å²) in [6.07, 6.45) is 2.56. The Kier molecular flexibility index (Phi) is 8.02. The molecule has 1 aromatic carbocycles. The molecule has 1 atom stereocenters. The van der Waals surface area contributed by atoms with Gasteiger partial charge >= 0.3 is 0 Å². The molecule has 0 amide bonds. The molecule has 0 aliphatic heterocycles. The first-order valence-corrected chi connectivity index (χ1v) is 8.84. The predicted molar refractivity (Wildman–Crippen MR) is 105 cm³/mol. The van der Waals surface area contributed by atoms with Crippen molar-refractivity contribution in [2.45, 2.75) is 19.4 Å². The average molecular weight is 377 g/mol. The van der Waals surface area contributed by atoms with Gasteiger partial charge in [0.15, 0.2) is 17.5 Å². The van der Waals surface area contributed by atoms with Crippen molar-refractivity contribution in [3.8, 4) is 11.5 Å². The van der Waals surface area contributed by atoms with Gasteiger partial charge in [0.05, 0.1) is 13.7 Å². The van der Waals surface area contributed by atoms with Crippen LogP contribution in [0.5, 0.6) is 11.5 Å². The Morgan fingerprint density at radius 2 is 1.96 bits per heavy atom. The Balaban J connectivity index is 1.74. The van der Waals surface area contributed by atoms with Crippen LogP contribution in [0.2, 0.25) is 5.15 Å². The summed E-state index contributed by atoms with van der Waals surface area (Å²) in [5.74, 6) is 2.17. The number of aromatic nitrogens is 1. The first kappa shape index (κ1) is 19.8. The Bertz CT molecular complexity index is 707. The molecule has 0 aliphatic rings. The zero-order chi connectivity index (χ0) is 18.8. The molecule has 0 saturated carbocycles. The van der Waals surface area contributed by atoms with Crippen LogP contribution < -0.4 is 20.1 Å². The van der Waals surface area contributed by atoms with E-state index >= 15 is 0 Å². The number of halogens is 1. The molecule has 2 aromatic rings. The van der Waals surface area contributed by atoms with E-state index in [1.165, 1.54) is 0 Å². The molecule has 26 heavy (non-hydrogen) atoms. The molecule has 2 N–H and O–H groups in total. The first-order chi connectivity index (χ1) is 12.6. The van der Waals surface area contributed by atoms with Crippen molar-refractivity contribution >= 4 is 17.6 Å². The number of rotatable bonds is 8. The molecule has 1 unspecified atom stereocenters. The van der Waals surface area contributed by atoms with Gasteiger partial charge in [0.2, 0.25) is 0 Å². The second-order valence-corrected chi connectivity index (χ2v) is 6.09. The van der Waals surface area contributed by atoms with Gasteiger partial charge in [-0.1, -0.05) is 29.8 Å². The zero-order valence-corrected chi connectivity index (χ0v) is 16.1. The molecule has 1 heterocycles. The Labute approximate surface area is 159 Å². The predicted octanol–water partition coefficient (Wildman–Crippen LogP) is 2.92. The van der Waals surface area contributed by atoms with Crippen molar-refractivity contribution in [2.24, 2.45) is 4.99 Å². The quantitative estimate of drug-likeness (QED) is 0.421. The summed E-state index contributed by atoms with van der Waals surface area (Å²) < 4.78 is 11.2. The van der Waals surface area contributed by atoms with E-state index in [4.69, 9.17) is 21.1 Å². The maximum absolute atomic E-state index is 5.93. The maximum atomic E-state index is 5.93. The van der Waals surface area contributed by atoms with Crippen LogP contribution in [0.25, 0.3) is 0 Å². The standard InChI is InChI=1S/C19H25ClN4O2/c1-14(26-17-7-5-4-6-16(17)25-3)12-24-19(21-2)22-11-10-15-8-9-18(20)23-13-15/h4-9,13-14H,10-12H2,1-3H3,(H2,21,22,24). The average Bonchev–Trinajstić information content (AvgIpc) is 2.66. The van der Waals surface area contributed by atoms with E-state index in [2.05, 4.69) is 20.6 Å². The molecule has 0 bridgehead atoms. The topological polar surface area (TPSA) is 67.8 Å². The number of nitrogens with one attached hydrogen (secondary N) is 2. The first-order valence-electron chi connectivity index (χ1n) is 8.47. The largest absolute Gasteiger partial charge is 0.493 e. The Hall–Kier alpha value is -2.47. The molecule has 0 saturated heterocycles. The van der Waals surface area contributed by atoms with Crippen molar-refractivity contribution in [3.05, 3.63) is 53.3 Å². The number of hydrogen-bond acceptors (Lipinski definition) is 4. The third-order valence-corrected chi connectivity index (χ3v) is 3.90. The molecular formula is C19H25ClN4O2. The second kappa shape index (κ2) is 10.5. The van der Waals surface area contributed by atoms with Crippen LogP contribution >= 0.6 is 11.6 Å². The molecule has 0 spiro atoms. The van der Waals surface area contributed by atoms with E-state index in [-0.39, 0.29) is 6.10 Å². The molecule has 2 rings (SSSR count). The fraction of sp³-hybridized carbons (Fsp3) is 0.368. The van der Waals surface area contributed by atoms with Crippen LogP contribution in [0.4, 0.5) is 0 Å². The van der Waals surface area contributed by atoms with Gasteiger partial charge in [-0.05, 0) is 37.1 Å². The van der Waals surface area contributed by atoms with Gasteiger partial charge in [-0.25, -0.2) is 4.98 Å². The number of benzene rings is 1. The van der Waals surface area contributed by atoms with Crippen molar-refractivity contribution < 1.29 is 9.47 Å². The minimum absolute atomic E-state index is 0.0506. The number of nitrogens with zero attached hydrogens (tertiary/aromatic N) is 2. The van der Waals surface area contributed by atoms with E-state index < -0.39 is 0 Å². The van der Waals surface area contributed by atoms with Crippen molar-refractivity contribution in [3.63, 3.8) is 0 Å². The van der Waals surface area contributed by atoms with Gasteiger partial charge < -0.3 is 20.1 Å². The van der Waals surface area contributed by atoms with E-state index in [1.807, 2.05) is 37.3 Å². The summed E-state index contributed by atoms with van der Waals surface area (Å²) in [5.41, 5.74) is 1.12. The number of para-hydroxylation sites is 2. The van der Waals surface area contributed by atoms with Gasteiger partial charge in [0, 0.05) is 19.8 Å². The fourth-order valence-corrected chi connectivity index (χ4v) is 2.43. The highest BCUT2D eigenvalue weighted by Crippen LogP contribution is 2.26. The molecule has 0 radical (unpaired) electrons. The number of methoxy groups -OCH3 is 1. The van der Waals surface area contributed by atoms with E-state index in [0.29, 0.717) is 11.7 Å². The summed E-state index contributed by atoms with van der Waals surface area (Å²) in [6, 6.07) is 11.4. The minimum Gasteiger partial charge on any atom is -0.493 e. The Morgan fingerprint density at radius 1 is 1.19 bits per heavy atom. The molecular weight excluding hydrogens is 352 g/mol. The van der Waals surface area contributed by atoms with Crippen molar-refractivity contribution in [1.29, 1.82) is 0 Å². The van der Waals surface area contributed by atoms with Gasteiger partial charge in [-0.3, -0.25) is 4.99 Å². The lowest BCUT2D eigenvalue weighted by atomic mass is 10.2. The lowest BCUT2D eigenvalue weighted by molar-refractivity contribution is 0.213. The molecule has 0 fully saturated rings. The highest BCUT2D eigenvalue weighted by atomic mass is 35.5. The highest BCUT2D eigenvalue weighted by Gasteiger charge is 2.09. The van der Waals surface area contributed by atoms with Crippen molar-refractivity contribution in [2.75, 3.05) is 27.2 Å². The van der Waals surface area contributed by atoms with Gasteiger partial charge in [-0.2, -0.15) is 0 Å². The van der Waals surface area contributed by atoms with Crippen LogP contribution in [-0.4, -0.2) is 44.3 Å². The summed E-state index contributed by atoms with van der Waals surface area (Å²) in [5, 5.41) is 7.03. The lowest BCUT2D eigenvalue weighted by Crippen LogP contribution is -2.42. The maximum Gasteiger partial charge on any atom is 0.191 e. The normalized spacial score (nSPS) is 12.4.